The molecule has 0 radical (unpaired) electrons. The highest BCUT2D eigenvalue weighted by molar-refractivity contribution is 5.91. The summed E-state index contributed by atoms with van der Waals surface area (Å²) in [6, 6.07) is 6.99. The zero-order chi connectivity index (χ0) is 22.4. The summed E-state index contributed by atoms with van der Waals surface area (Å²) >= 11 is 0. The number of unbranched alkanes of at least 4 members (excludes halogenated alkanes) is 1. The van der Waals surface area contributed by atoms with Crippen LogP contribution in [0.5, 0.6) is 0 Å². The van der Waals surface area contributed by atoms with Crippen molar-refractivity contribution in [3.8, 4) is 6.07 Å². The van der Waals surface area contributed by atoms with Gasteiger partial charge in [-0.3, -0.25) is 4.79 Å². The molecule has 0 spiro atoms. The maximum atomic E-state index is 14.0. The molecule has 8 heteroatoms. The smallest absolute Gasteiger partial charge is 0.229 e. The van der Waals surface area contributed by atoms with Crippen molar-refractivity contribution in [1.82, 2.24) is 14.8 Å². The van der Waals surface area contributed by atoms with E-state index in [2.05, 4.69) is 11.4 Å². The van der Waals surface area contributed by atoms with Gasteiger partial charge in [-0.25, -0.2) is 4.39 Å². The lowest BCUT2D eigenvalue weighted by atomic mass is 10.0. The third kappa shape index (κ3) is 5.80. The molecule has 1 aliphatic heterocycles. The lowest BCUT2D eigenvalue weighted by Crippen LogP contribution is -2.52. The van der Waals surface area contributed by atoms with E-state index in [9.17, 15) is 14.4 Å². The summed E-state index contributed by atoms with van der Waals surface area (Å²) < 4.78 is 21.1. The van der Waals surface area contributed by atoms with Crippen LogP contribution in [0, 0.1) is 17.1 Å². The van der Waals surface area contributed by atoms with Gasteiger partial charge in [-0.2, -0.15) is 5.26 Å². The number of nitriles is 1. The number of aryl methyl sites for hydroxylation is 1. The van der Waals surface area contributed by atoms with E-state index >= 15 is 0 Å². The Morgan fingerprint density at radius 2 is 2.19 bits per heavy atom. The van der Waals surface area contributed by atoms with Crippen LogP contribution in [0.3, 0.4) is 0 Å². The van der Waals surface area contributed by atoms with Crippen LogP contribution in [0.15, 0.2) is 18.2 Å². The molecule has 1 aliphatic rings. The molecule has 0 aliphatic carbocycles. The van der Waals surface area contributed by atoms with Crippen LogP contribution < -0.4 is 5.32 Å². The van der Waals surface area contributed by atoms with Crippen molar-refractivity contribution in [2.75, 3.05) is 26.8 Å². The Bertz CT molecular complexity index is 948. The first-order valence-electron chi connectivity index (χ1n) is 11.2. The van der Waals surface area contributed by atoms with Gasteiger partial charge in [0.2, 0.25) is 5.91 Å². The van der Waals surface area contributed by atoms with E-state index in [0.29, 0.717) is 29.8 Å². The zero-order valence-electron chi connectivity index (χ0n) is 19.2. The number of benzene rings is 1. The third-order valence-electron chi connectivity index (χ3n) is 6.05. The molecule has 0 bridgehead atoms. The lowest BCUT2D eigenvalue weighted by Gasteiger charge is -2.37. The van der Waals surface area contributed by atoms with Crippen LogP contribution in [0.1, 0.15) is 50.8 Å². The number of nitrogens with one attached hydrogen (secondary N) is 1. The summed E-state index contributed by atoms with van der Waals surface area (Å²) in [7, 11) is 1.67. The van der Waals surface area contributed by atoms with Crippen molar-refractivity contribution in [1.29, 1.82) is 5.26 Å². The Morgan fingerprint density at radius 1 is 1.41 bits per heavy atom. The molecule has 1 aromatic heterocycles. The van der Waals surface area contributed by atoms with Crippen LogP contribution in [0.4, 0.5) is 4.39 Å². The summed E-state index contributed by atoms with van der Waals surface area (Å²) in [6.07, 6.45) is 3.88. The van der Waals surface area contributed by atoms with Crippen LogP contribution in [-0.4, -0.2) is 54.3 Å². The molecule has 1 aromatic carbocycles. The van der Waals surface area contributed by atoms with E-state index in [0.717, 1.165) is 44.3 Å². The number of fused-ring (bicyclic) bond motifs is 1. The molecule has 1 atom stereocenters. The number of amides is 1. The first kappa shape index (κ1) is 26.1. The maximum absolute atomic E-state index is 14.0. The van der Waals surface area contributed by atoms with E-state index in [1.54, 1.807) is 13.2 Å². The largest absolute Gasteiger partial charge is 0.385 e. The highest BCUT2D eigenvalue weighted by atomic mass is 35.5. The molecule has 2 aromatic rings. The highest BCUT2D eigenvalue weighted by Gasteiger charge is 2.29. The molecular formula is C24H34ClFN4O2. The van der Waals surface area contributed by atoms with Crippen molar-refractivity contribution in [2.24, 2.45) is 0 Å². The first-order chi connectivity index (χ1) is 15.0. The van der Waals surface area contributed by atoms with Gasteiger partial charge in [-0.15, -0.1) is 12.4 Å². The molecule has 1 N–H and O–H groups in total. The number of aromatic nitrogens is 1. The zero-order valence-corrected chi connectivity index (χ0v) is 20.0. The Balaban J connectivity index is 0.00000363. The quantitative estimate of drug-likeness (QED) is 0.569. The maximum Gasteiger partial charge on any atom is 0.229 e. The van der Waals surface area contributed by atoms with Crippen molar-refractivity contribution >= 4 is 29.2 Å². The van der Waals surface area contributed by atoms with Gasteiger partial charge in [0.1, 0.15) is 11.9 Å². The van der Waals surface area contributed by atoms with Crippen molar-refractivity contribution in [2.45, 2.75) is 64.6 Å². The molecular weight excluding hydrogens is 431 g/mol. The average Bonchev–Trinajstić information content (AvgIpc) is 3.03. The summed E-state index contributed by atoms with van der Waals surface area (Å²) in [5.41, 5.74) is 1.88. The summed E-state index contributed by atoms with van der Waals surface area (Å²) in [5, 5.41) is 13.9. The number of methoxy groups -OCH3 is 1. The molecule has 0 unspecified atom stereocenters. The van der Waals surface area contributed by atoms with E-state index in [4.69, 9.17) is 4.74 Å². The number of piperidine rings is 1. The monoisotopic (exact) mass is 464 g/mol. The van der Waals surface area contributed by atoms with Crippen LogP contribution in [-0.2, 0) is 22.5 Å². The number of halogens is 2. The number of ether oxygens (including phenoxy) is 1. The summed E-state index contributed by atoms with van der Waals surface area (Å²) in [6.45, 7) is 7.16. The fraction of sp³-hybridized carbons (Fsp3) is 0.583. The number of carbonyl (C=O) groups excluding carboxylic acids is 1. The molecule has 1 saturated heterocycles. The molecule has 32 heavy (non-hydrogen) atoms. The third-order valence-corrected chi connectivity index (χ3v) is 6.05. The topological polar surface area (TPSA) is 70.3 Å². The van der Waals surface area contributed by atoms with Gasteiger partial charge in [0.05, 0.1) is 12.0 Å². The summed E-state index contributed by atoms with van der Waals surface area (Å²) in [5.74, 6) is -0.364. The minimum Gasteiger partial charge on any atom is -0.385 e. The first-order valence-corrected chi connectivity index (χ1v) is 11.2. The minimum absolute atomic E-state index is 0. The van der Waals surface area contributed by atoms with E-state index in [1.807, 2.05) is 23.3 Å². The van der Waals surface area contributed by atoms with Crippen molar-refractivity contribution in [3.05, 3.63) is 35.3 Å². The van der Waals surface area contributed by atoms with Crippen molar-refractivity contribution < 1.29 is 13.9 Å². The van der Waals surface area contributed by atoms with Crippen molar-refractivity contribution in [3.63, 3.8) is 0 Å². The normalized spacial score (nSPS) is 16.1. The molecule has 0 saturated carbocycles. The van der Waals surface area contributed by atoms with Gasteiger partial charge in [0.15, 0.2) is 0 Å². The van der Waals surface area contributed by atoms with Crippen LogP contribution in [0.25, 0.3) is 10.9 Å². The van der Waals surface area contributed by atoms with Gasteiger partial charge < -0.3 is 19.5 Å². The molecule has 1 fully saturated rings. The standard InChI is InChI=1S/C24H33FN4O2.ClH/c1-17(2)29(19-7-6-10-27-16-19)24(30)14-23-21(15-26)20-13-18(25)8-9-22(20)28(23)11-4-5-12-31-3;/h8-9,13,17,19,27H,4-7,10-12,14,16H2,1-3H3;1H/t19-;/m1./s1. The van der Waals surface area contributed by atoms with Crippen LogP contribution >= 0.6 is 12.4 Å². The van der Waals surface area contributed by atoms with Gasteiger partial charge in [0.25, 0.3) is 0 Å². The number of hydrogen-bond acceptors (Lipinski definition) is 4. The van der Waals surface area contributed by atoms with E-state index < -0.39 is 0 Å². The number of nitrogens with zero attached hydrogens (tertiary/aromatic N) is 3. The Kier molecular flexibility index (Phi) is 9.95. The van der Waals surface area contributed by atoms with Crippen LogP contribution in [0.2, 0.25) is 0 Å². The second-order valence-corrected chi connectivity index (χ2v) is 8.52. The van der Waals surface area contributed by atoms with Gasteiger partial charge in [0, 0.05) is 55.5 Å². The number of carbonyl (C=O) groups is 1. The second kappa shape index (κ2) is 12.2. The second-order valence-electron chi connectivity index (χ2n) is 8.52. The van der Waals surface area contributed by atoms with Gasteiger partial charge >= 0.3 is 0 Å². The molecule has 1 amide bonds. The highest BCUT2D eigenvalue weighted by Crippen LogP contribution is 2.29. The molecule has 176 valence electrons. The lowest BCUT2D eigenvalue weighted by molar-refractivity contribution is -0.135. The minimum atomic E-state index is -0.379. The Labute approximate surface area is 196 Å². The molecule has 3 rings (SSSR count). The Morgan fingerprint density at radius 3 is 2.81 bits per heavy atom. The summed E-state index contributed by atoms with van der Waals surface area (Å²) in [4.78, 5) is 15.4. The van der Waals surface area contributed by atoms with E-state index in [1.165, 1.54) is 12.1 Å². The SMILES string of the molecule is COCCCCn1c(CC(=O)N(C(C)C)[C@@H]2CCCNC2)c(C#N)c2cc(F)ccc21.Cl. The molecule has 6 nitrogen and oxygen atoms in total. The predicted molar refractivity (Wildman–Crippen MR) is 127 cm³/mol. The molecule has 2 heterocycles. The number of rotatable bonds is 9. The van der Waals surface area contributed by atoms with Gasteiger partial charge in [-0.1, -0.05) is 0 Å². The van der Waals surface area contributed by atoms with Gasteiger partial charge in [-0.05, 0) is 64.3 Å². The average molecular weight is 465 g/mol. The fourth-order valence-corrected chi connectivity index (χ4v) is 4.68. The predicted octanol–water partition coefficient (Wildman–Crippen LogP) is 4.03. The van der Waals surface area contributed by atoms with E-state index in [-0.39, 0.29) is 42.6 Å². The Hall–Kier alpha value is -2.14. The number of hydrogen-bond donors (Lipinski definition) is 1. The fourth-order valence-electron chi connectivity index (χ4n) is 4.68.